The summed E-state index contributed by atoms with van der Waals surface area (Å²) < 4.78 is 52.0. The van der Waals surface area contributed by atoms with E-state index in [2.05, 4.69) is 30.3 Å². The molecule has 2 aromatic heterocycles. The monoisotopic (exact) mass is 492 g/mol. The van der Waals surface area contributed by atoms with Crippen LogP contribution < -0.4 is 16.2 Å². The van der Waals surface area contributed by atoms with Crippen molar-refractivity contribution in [1.29, 1.82) is 0 Å². The Balaban J connectivity index is 1.81. The number of nitrogens with zero attached hydrogens (tertiary/aromatic N) is 4. The van der Waals surface area contributed by atoms with E-state index in [0.29, 0.717) is 28.2 Å². The van der Waals surface area contributed by atoms with Gasteiger partial charge in [-0.1, -0.05) is 29.5 Å². The summed E-state index contributed by atoms with van der Waals surface area (Å²) in [7, 11) is -4.16. The molecule has 2 aromatic carbocycles. The molecule has 15 heteroatoms. The standard InChI is InChI=1S/C17H16N8O4S3/c18-9-6-10(9)23-32(28,29)12-5-4-7(8-2-1-3-11-14(8)20-17(19)30-11)13(15(12)31(26)27)16-21-24-25-22-16/h1-5,9-10,23H,6,18H2,(H2,19,20)(H,26,27)(H,21,22,24,25)/t9-,10-/m1/s1. The van der Waals surface area contributed by atoms with E-state index in [9.17, 15) is 17.2 Å². The Morgan fingerprint density at radius 1 is 1.25 bits per heavy atom. The second-order valence-electron chi connectivity index (χ2n) is 7.13. The number of benzene rings is 2. The third-order valence-corrected chi connectivity index (χ3v) is 8.31. The molecule has 2 heterocycles. The molecule has 0 aliphatic heterocycles. The minimum absolute atomic E-state index is 0.0432. The molecule has 166 valence electrons. The van der Waals surface area contributed by atoms with Gasteiger partial charge in [0.25, 0.3) is 0 Å². The van der Waals surface area contributed by atoms with Crippen molar-refractivity contribution in [3.8, 4) is 22.5 Å². The van der Waals surface area contributed by atoms with Crippen LogP contribution in [0.5, 0.6) is 0 Å². The van der Waals surface area contributed by atoms with Crippen molar-refractivity contribution in [2.75, 3.05) is 5.73 Å². The van der Waals surface area contributed by atoms with Crippen molar-refractivity contribution in [2.24, 2.45) is 5.73 Å². The van der Waals surface area contributed by atoms with Crippen LogP contribution in [0, 0.1) is 0 Å². The summed E-state index contributed by atoms with van der Waals surface area (Å²) in [6.07, 6.45) is 0.486. The molecule has 5 rings (SSSR count). The van der Waals surface area contributed by atoms with Gasteiger partial charge in [0.15, 0.2) is 16.2 Å². The lowest BCUT2D eigenvalue weighted by molar-refractivity contribution is 0.556. The molecule has 0 amide bonds. The molecule has 4 aromatic rings. The zero-order chi connectivity index (χ0) is 22.6. The van der Waals surface area contributed by atoms with Gasteiger partial charge in [0, 0.05) is 17.6 Å². The second-order valence-corrected chi connectivity index (χ2v) is 10.8. The first-order valence-electron chi connectivity index (χ1n) is 9.21. The third kappa shape index (κ3) is 3.58. The van der Waals surface area contributed by atoms with E-state index >= 15 is 0 Å². The van der Waals surface area contributed by atoms with Crippen LogP contribution in [0.25, 0.3) is 32.7 Å². The number of nitrogens with one attached hydrogen (secondary N) is 2. The fourth-order valence-electron chi connectivity index (χ4n) is 3.46. The number of aromatic amines is 1. The normalized spacial score (nSPS) is 19.3. The maximum Gasteiger partial charge on any atom is 0.242 e. The van der Waals surface area contributed by atoms with E-state index in [0.717, 1.165) is 4.70 Å². The van der Waals surface area contributed by atoms with E-state index in [1.165, 1.54) is 23.5 Å². The summed E-state index contributed by atoms with van der Waals surface area (Å²) in [6, 6.07) is 7.44. The second kappa shape index (κ2) is 7.65. The highest BCUT2D eigenvalue weighted by molar-refractivity contribution is 7.90. The molecule has 32 heavy (non-hydrogen) atoms. The number of hydrogen-bond acceptors (Lipinski definition) is 10. The average Bonchev–Trinajstić information content (AvgIpc) is 3.14. The van der Waals surface area contributed by atoms with Gasteiger partial charge in [0.2, 0.25) is 15.8 Å². The van der Waals surface area contributed by atoms with Gasteiger partial charge in [0.1, 0.15) is 4.90 Å². The molecule has 3 atom stereocenters. The number of para-hydroxylation sites is 1. The SMILES string of the molecule is Nc1nc2c(-c3ccc(S(=O)(=O)N[C@@H]4C[C@H]4N)c(S(=O)O)c3-c3nn[nH]n3)cccc2s1. The first-order chi connectivity index (χ1) is 15.3. The molecule has 1 unspecified atom stereocenters. The molecule has 12 nitrogen and oxygen atoms in total. The van der Waals surface area contributed by atoms with Gasteiger partial charge < -0.3 is 16.0 Å². The number of sulfonamides is 1. The predicted octanol–water partition coefficient (Wildman–Crippen LogP) is 0.684. The molecule has 1 fully saturated rings. The van der Waals surface area contributed by atoms with Crippen LogP contribution in [0.2, 0.25) is 0 Å². The van der Waals surface area contributed by atoms with Gasteiger partial charge in [-0.2, -0.15) is 5.21 Å². The van der Waals surface area contributed by atoms with E-state index in [4.69, 9.17) is 11.5 Å². The molecule has 1 aliphatic carbocycles. The molecule has 7 N–H and O–H groups in total. The van der Waals surface area contributed by atoms with Crippen LogP contribution in [0.4, 0.5) is 5.13 Å². The highest BCUT2D eigenvalue weighted by Gasteiger charge is 2.39. The molecule has 1 aliphatic rings. The first-order valence-corrected chi connectivity index (χ1v) is 12.6. The number of anilines is 1. The van der Waals surface area contributed by atoms with Crippen molar-refractivity contribution in [3.63, 3.8) is 0 Å². The Kier molecular flexibility index (Phi) is 5.03. The topological polar surface area (TPSA) is 203 Å². The number of fused-ring (bicyclic) bond motifs is 1. The largest absolute Gasteiger partial charge is 0.375 e. The van der Waals surface area contributed by atoms with Crippen molar-refractivity contribution >= 4 is 47.8 Å². The fourth-order valence-corrected chi connectivity index (χ4v) is 6.77. The van der Waals surface area contributed by atoms with Crippen LogP contribution in [-0.4, -0.2) is 54.9 Å². The van der Waals surface area contributed by atoms with Crippen LogP contribution in [0.15, 0.2) is 40.1 Å². The number of nitrogen functional groups attached to an aromatic ring is 1. The molecule has 1 saturated carbocycles. The quantitative estimate of drug-likeness (QED) is 0.238. The van der Waals surface area contributed by atoms with Crippen LogP contribution >= 0.6 is 11.3 Å². The lowest BCUT2D eigenvalue weighted by atomic mass is 9.98. The van der Waals surface area contributed by atoms with Gasteiger partial charge in [-0.15, -0.1) is 10.2 Å². The van der Waals surface area contributed by atoms with Gasteiger partial charge in [-0.25, -0.2) is 22.3 Å². The van der Waals surface area contributed by atoms with Crippen LogP contribution in [-0.2, 0) is 21.1 Å². The molecule has 0 radical (unpaired) electrons. The summed E-state index contributed by atoms with van der Waals surface area (Å²) in [5, 5.41) is 14.1. The minimum Gasteiger partial charge on any atom is -0.375 e. The maximum absolute atomic E-state index is 13.0. The summed E-state index contributed by atoms with van der Waals surface area (Å²) in [5.74, 6) is -0.0437. The van der Waals surface area contributed by atoms with E-state index in [-0.39, 0.29) is 27.2 Å². The van der Waals surface area contributed by atoms with E-state index in [1.807, 2.05) is 6.07 Å². The number of aromatic nitrogens is 5. The average molecular weight is 493 g/mol. The molecule has 0 saturated heterocycles. The van der Waals surface area contributed by atoms with Crippen molar-refractivity contribution in [3.05, 3.63) is 30.3 Å². The lowest BCUT2D eigenvalue weighted by Gasteiger charge is -2.16. The number of rotatable bonds is 6. The zero-order valence-corrected chi connectivity index (χ0v) is 18.5. The summed E-state index contributed by atoms with van der Waals surface area (Å²) in [4.78, 5) is 3.62. The predicted molar refractivity (Wildman–Crippen MR) is 118 cm³/mol. The molecular formula is C17H16N8O4S3. The number of hydrogen-bond donors (Lipinski definition) is 5. The Hall–Kier alpha value is -2.82. The van der Waals surface area contributed by atoms with Crippen molar-refractivity contribution < 1.29 is 17.2 Å². The number of thiazole rings is 1. The first kappa shape index (κ1) is 21.0. The van der Waals surface area contributed by atoms with Crippen LogP contribution in [0.1, 0.15) is 6.42 Å². The number of tetrazole rings is 1. The zero-order valence-electron chi connectivity index (χ0n) is 16.1. The fraction of sp³-hybridized carbons (Fsp3) is 0.176. The van der Waals surface area contributed by atoms with E-state index in [1.54, 1.807) is 12.1 Å². The maximum atomic E-state index is 13.0. The molecule has 0 bridgehead atoms. The smallest absolute Gasteiger partial charge is 0.242 e. The summed E-state index contributed by atoms with van der Waals surface area (Å²) >= 11 is -1.43. The highest BCUT2D eigenvalue weighted by atomic mass is 32.2. The Morgan fingerprint density at radius 3 is 2.69 bits per heavy atom. The highest BCUT2D eigenvalue weighted by Crippen LogP contribution is 2.41. The lowest BCUT2D eigenvalue weighted by Crippen LogP contribution is -2.30. The molecule has 0 spiro atoms. The molecular weight excluding hydrogens is 476 g/mol. The van der Waals surface area contributed by atoms with Crippen molar-refractivity contribution in [1.82, 2.24) is 30.3 Å². The Morgan fingerprint density at radius 2 is 2.03 bits per heavy atom. The third-order valence-electron chi connectivity index (χ3n) is 5.03. The minimum atomic E-state index is -4.16. The Labute approximate surface area is 187 Å². The van der Waals surface area contributed by atoms with Gasteiger partial charge >= 0.3 is 0 Å². The summed E-state index contributed by atoms with van der Waals surface area (Å²) in [5.41, 5.74) is 13.2. The van der Waals surface area contributed by atoms with Gasteiger partial charge in [-0.3, -0.25) is 0 Å². The van der Waals surface area contributed by atoms with Gasteiger partial charge in [0.05, 0.1) is 20.7 Å². The summed E-state index contributed by atoms with van der Waals surface area (Å²) in [6.45, 7) is 0. The van der Waals surface area contributed by atoms with Crippen molar-refractivity contribution in [2.45, 2.75) is 28.3 Å². The number of nitrogens with two attached hydrogens (primary N) is 2. The van der Waals surface area contributed by atoms with E-state index < -0.39 is 27.1 Å². The Bertz CT molecular complexity index is 1470. The van der Waals surface area contributed by atoms with Crippen LogP contribution in [0.3, 0.4) is 0 Å². The number of H-pyrrole nitrogens is 1. The van der Waals surface area contributed by atoms with Gasteiger partial charge in [-0.05, 0) is 29.3 Å².